The summed E-state index contributed by atoms with van der Waals surface area (Å²) < 4.78 is 5.39. The van der Waals surface area contributed by atoms with Crippen LogP contribution in [0.25, 0.3) is 0 Å². The molecule has 5 heteroatoms. The van der Waals surface area contributed by atoms with Gasteiger partial charge in [-0.05, 0) is 12.1 Å². The second-order valence-electron chi connectivity index (χ2n) is 2.42. The highest BCUT2D eigenvalue weighted by molar-refractivity contribution is 7.11. The van der Waals surface area contributed by atoms with Crippen LogP contribution < -0.4 is 4.74 Å². The predicted molar refractivity (Wildman–Crippen MR) is 57.5 cm³/mol. The Morgan fingerprint density at radius 1 is 1.29 bits per heavy atom. The fourth-order valence-corrected chi connectivity index (χ4v) is 1.61. The van der Waals surface area contributed by atoms with Crippen molar-refractivity contribution in [3.63, 3.8) is 0 Å². The van der Waals surface area contributed by atoms with Crippen molar-refractivity contribution in [2.45, 2.75) is 0 Å². The van der Waals surface area contributed by atoms with Gasteiger partial charge in [0.15, 0.2) is 0 Å². The Labute approximate surface area is 95.1 Å². The molecule has 0 saturated carbocycles. The van der Waals surface area contributed by atoms with Crippen molar-refractivity contribution in [2.24, 2.45) is 0 Å². The summed E-state index contributed by atoms with van der Waals surface area (Å²) in [5.41, 5.74) is 0. The van der Waals surface area contributed by atoms with E-state index >= 15 is 0 Å². The number of halogens is 2. The molecular formula is C9H4Cl2NOS. The number of hydrogen-bond acceptors (Lipinski definition) is 3. The predicted octanol–water partition coefficient (Wildman–Crippen LogP) is 4.04. The molecule has 14 heavy (non-hydrogen) atoms. The molecule has 0 aliphatic heterocycles. The molecule has 0 atom stereocenters. The van der Waals surface area contributed by atoms with Gasteiger partial charge in [-0.25, -0.2) is 4.98 Å². The topological polar surface area (TPSA) is 22.1 Å². The Morgan fingerprint density at radius 3 is 2.79 bits per heavy atom. The third kappa shape index (κ3) is 2.18. The lowest BCUT2D eigenvalue weighted by atomic mass is 10.3. The number of hydrogen-bond donors (Lipinski definition) is 0. The summed E-state index contributed by atoms with van der Waals surface area (Å²) in [6, 6.07) is 5.05. The highest BCUT2D eigenvalue weighted by Crippen LogP contribution is 2.29. The minimum absolute atomic E-state index is 0.463. The number of nitrogens with zero attached hydrogens (tertiary/aromatic N) is 1. The van der Waals surface area contributed by atoms with E-state index in [0.717, 1.165) is 0 Å². The first-order chi connectivity index (χ1) is 6.75. The Bertz CT molecular complexity index is 430. The molecule has 0 aliphatic carbocycles. The minimum atomic E-state index is 0.463. The summed E-state index contributed by atoms with van der Waals surface area (Å²) in [7, 11) is 0. The average Bonchev–Trinajstić information content (AvgIpc) is 2.64. The lowest BCUT2D eigenvalue weighted by molar-refractivity contribution is 0.478. The van der Waals surface area contributed by atoms with E-state index in [4.69, 9.17) is 27.9 Å². The highest BCUT2D eigenvalue weighted by atomic mass is 35.5. The van der Waals surface area contributed by atoms with Crippen LogP contribution in [0.1, 0.15) is 0 Å². The van der Waals surface area contributed by atoms with Crippen LogP contribution in [0, 0.1) is 6.20 Å². The van der Waals surface area contributed by atoms with Crippen molar-refractivity contribution in [1.29, 1.82) is 0 Å². The van der Waals surface area contributed by atoms with Crippen molar-refractivity contribution < 1.29 is 4.74 Å². The van der Waals surface area contributed by atoms with Gasteiger partial charge in [0, 0.05) is 11.4 Å². The third-order valence-corrected chi connectivity index (χ3v) is 2.80. The summed E-state index contributed by atoms with van der Waals surface area (Å²) in [4.78, 5) is 3.86. The fraction of sp³-hybridized carbons (Fsp3) is 0. The number of aromatic nitrogens is 1. The highest BCUT2D eigenvalue weighted by Gasteiger charge is 2.02. The summed E-state index contributed by atoms with van der Waals surface area (Å²) in [6.45, 7) is 0. The van der Waals surface area contributed by atoms with E-state index in [1.807, 2.05) is 0 Å². The van der Waals surface area contributed by atoms with Gasteiger partial charge in [-0.1, -0.05) is 34.5 Å². The standard InChI is InChI=1S/C9H4Cl2NOS/c10-7-2-1-6(5-8(7)11)13-9-12-3-4-14-9/h1-2,4-5H. The van der Waals surface area contributed by atoms with Gasteiger partial charge in [0.25, 0.3) is 5.19 Å². The minimum Gasteiger partial charge on any atom is -0.431 e. The van der Waals surface area contributed by atoms with Gasteiger partial charge in [0.1, 0.15) is 11.9 Å². The van der Waals surface area contributed by atoms with E-state index in [1.165, 1.54) is 11.3 Å². The lowest BCUT2D eigenvalue weighted by Crippen LogP contribution is -1.82. The van der Waals surface area contributed by atoms with Gasteiger partial charge in [-0.2, -0.15) is 0 Å². The largest absolute Gasteiger partial charge is 0.431 e. The molecule has 0 spiro atoms. The summed E-state index contributed by atoms with van der Waals surface area (Å²) in [6.07, 6.45) is 2.66. The van der Waals surface area contributed by atoms with Crippen LogP contribution in [-0.2, 0) is 0 Å². The molecule has 1 radical (unpaired) electrons. The average molecular weight is 245 g/mol. The third-order valence-electron chi connectivity index (χ3n) is 1.46. The van der Waals surface area contributed by atoms with E-state index in [-0.39, 0.29) is 0 Å². The van der Waals surface area contributed by atoms with E-state index in [1.54, 1.807) is 23.6 Å². The monoisotopic (exact) mass is 244 g/mol. The smallest absolute Gasteiger partial charge is 0.279 e. The molecule has 2 rings (SSSR count). The Morgan fingerprint density at radius 2 is 2.14 bits per heavy atom. The zero-order chi connectivity index (χ0) is 9.97. The van der Waals surface area contributed by atoms with Crippen LogP contribution in [0.2, 0.25) is 10.0 Å². The quantitative estimate of drug-likeness (QED) is 0.796. The maximum Gasteiger partial charge on any atom is 0.279 e. The Hall–Kier alpha value is -0.770. The molecule has 0 fully saturated rings. The summed E-state index contributed by atoms with van der Waals surface area (Å²) in [5, 5.41) is 3.21. The summed E-state index contributed by atoms with van der Waals surface area (Å²) >= 11 is 12.9. The Kier molecular flexibility index (Phi) is 2.91. The van der Waals surface area contributed by atoms with Gasteiger partial charge in [-0.15, -0.1) is 0 Å². The fourth-order valence-electron chi connectivity index (χ4n) is 0.870. The van der Waals surface area contributed by atoms with Gasteiger partial charge < -0.3 is 4.74 Å². The molecule has 0 amide bonds. The first-order valence-corrected chi connectivity index (χ1v) is 5.34. The maximum atomic E-state index is 5.82. The van der Waals surface area contributed by atoms with Crippen LogP contribution >= 0.6 is 34.5 Å². The number of rotatable bonds is 2. The number of ether oxygens (including phenoxy) is 1. The Balaban J connectivity index is 2.22. The van der Waals surface area contributed by atoms with Crippen LogP contribution in [0.4, 0.5) is 0 Å². The molecule has 0 saturated heterocycles. The molecule has 0 bridgehead atoms. The molecule has 0 N–H and O–H groups in total. The van der Waals surface area contributed by atoms with Crippen LogP contribution in [0.5, 0.6) is 10.9 Å². The zero-order valence-electron chi connectivity index (χ0n) is 6.83. The summed E-state index contributed by atoms with van der Waals surface area (Å²) in [5.74, 6) is 0.614. The molecule has 1 aromatic heterocycles. The molecule has 2 aromatic rings. The van der Waals surface area contributed by atoms with E-state index < -0.39 is 0 Å². The maximum absolute atomic E-state index is 5.82. The zero-order valence-corrected chi connectivity index (χ0v) is 9.16. The van der Waals surface area contributed by atoms with Gasteiger partial charge >= 0.3 is 0 Å². The van der Waals surface area contributed by atoms with Crippen LogP contribution in [0.3, 0.4) is 0 Å². The molecule has 71 valence electrons. The lowest BCUT2D eigenvalue weighted by Gasteiger charge is -2.02. The number of thiazole rings is 1. The van der Waals surface area contributed by atoms with Crippen molar-refractivity contribution in [1.82, 2.24) is 4.98 Å². The normalized spacial score (nSPS) is 10.1. The molecule has 2 nitrogen and oxygen atoms in total. The second kappa shape index (κ2) is 4.17. The molecule has 1 heterocycles. The van der Waals surface area contributed by atoms with E-state index in [0.29, 0.717) is 21.0 Å². The van der Waals surface area contributed by atoms with Gasteiger partial charge in [-0.3, -0.25) is 0 Å². The van der Waals surface area contributed by atoms with Crippen molar-refractivity contribution in [2.75, 3.05) is 0 Å². The van der Waals surface area contributed by atoms with Gasteiger partial charge in [0.2, 0.25) is 0 Å². The molecule has 0 unspecified atom stereocenters. The van der Waals surface area contributed by atoms with E-state index in [9.17, 15) is 0 Å². The van der Waals surface area contributed by atoms with Crippen molar-refractivity contribution in [3.8, 4) is 10.9 Å². The first-order valence-electron chi connectivity index (χ1n) is 3.70. The van der Waals surface area contributed by atoms with Crippen LogP contribution in [0.15, 0.2) is 23.6 Å². The van der Waals surface area contributed by atoms with Crippen molar-refractivity contribution in [3.05, 3.63) is 39.8 Å². The molecule has 1 aromatic carbocycles. The molecular weight excluding hydrogens is 241 g/mol. The van der Waals surface area contributed by atoms with Gasteiger partial charge in [0.05, 0.1) is 10.0 Å². The SMILES string of the molecule is Clc1ccc(Oc2n[c]cs2)cc1Cl. The first kappa shape index (κ1) is 9.77. The number of benzene rings is 1. The van der Waals surface area contributed by atoms with Crippen LogP contribution in [-0.4, -0.2) is 4.98 Å². The second-order valence-corrected chi connectivity index (χ2v) is 4.06. The molecule has 0 aliphatic rings. The van der Waals surface area contributed by atoms with E-state index in [2.05, 4.69) is 11.2 Å². The van der Waals surface area contributed by atoms with Crippen molar-refractivity contribution >= 4 is 34.5 Å².